The standard InChI is InChI=1S/C21H17F4NO2.CH4.H2/c1-11-2-4-12(5-3-11)13-6-18(24)20(19(25)7-13)21(27)28-14-8-16(22)15(10-26)17(23)9-14;;/h6-9,11-12H,2-5H2,1H3;1H4;1H. The van der Waals surface area contributed by atoms with Gasteiger partial charge in [-0.25, -0.2) is 22.4 Å². The first kappa shape index (κ1) is 22.4. The highest BCUT2D eigenvalue weighted by Gasteiger charge is 2.26. The van der Waals surface area contributed by atoms with E-state index >= 15 is 0 Å². The van der Waals surface area contributed by atoms with E-state index in [-0.39, 0.29) is 14.8 Å². The first-order chi connectivity index (χ1) is 13.3. The smallest absolute Gasteiger partial charge is 0.349 e. The summed E-state index contributed by atoms with van der Waals surface area (Å²) in [5, 5.41) is 8.63. The van der Waals surface area contributed by atoms with Crippen LogP contribution < -0.4 is 4.74 Å². The quantitative estimate of drug-likeness (QED) is 0.330. The molecule has 29 heavy (non-hydrogen) atoms. The number of esters is 1. The van der Waals surface area contributed by atoms with Gasteiger partial charge in [-0.05, 0) is 42.4 Å². The SMILES string of the molecule is C.CC1CCC(c2cc(F)c(C(=O)Oc3cc(F)c(C#N)c(F)c3)c(F)c2)CC1.[HH]. The molecule has 0 spiro atoms. The monoisotopic (exact) mass is 409 g/mol. The summed E-state index contributed by atoms with van der Waals surface area (Å²) in [5.74, 6) is -6.08. The maximum absolute atomic E-state index is 14.4. The highest BCUT2D eigenvalue weighted by Crippen LogP contribution is 2.36. The van der Waals surface area contributed by atoms with Crippen molar-refractivity contribution in [2.75, 3.05) is 0 Å². The van der Waals surface area contributed by atoms with Crippen molar-refractivity contribution in [3.8, 4) is 11.8 Å². The van der Waals surface area contributed by atoms with Gasteiger partial charge in [-0.3, -0.25) is 0 Å². The van der Waals surface area contributed by atoms with Crippen LogP contribution in [0.2, 0.25) is 0 Å². The molecule has 0 aliphatic heterocycles. The third-order valence-corrected chi connectivity index (χ3v) is 5.09. The number of halogens is 4. The molecule has 1 aliphatic rings. The molecule has 0 heterocycles. The lowest BCUT2D eigenvalue weighted by atomic mass is 9.79. The van der Waals surface area contributed by atoms with Gasteiger partial charge in [0.2, 0.25) is 0 Å². The molecule has 156 valence electrons. The maximum Gasteiger partial charge on any atom is 0.349 e. The molecule has 0 N–H and O–H groups in total. The second-order valence-electron chi connectivity index (χ2n) is 7.08. The van der Waals surface area contributed by atoms with E-state index in [2.05, 4.69) is 6.92 Å². The highest BCUT2D eigenvalue weighted by atomic mass is 19.1. The average molecular weight is 409 g/mol. The molecular formula is C22H23F4NO2. The Kier molecular flexibility index (Phi) is 7.02. The van der Waals surface area contributed by atoms with Crippen molar-refractivity contribution in [1.29, 1.82) is 5.26 Å². The molecule has 2 aromatic rings. The molecule has 1 aliphatic carbocycles. The number of hydrogen-bond acceptors (Lipinski definition) is 3. The molecule has 3 rings (SSSR count). The van der Waals surface area contributed by atoms with Crippen LogP contribution in [0.15, 0.2) is 24.3 Å². The van der Waals surface area contributed by atoms with Crippen molar-refractivity contribution >= 4 is 5.97 Å². The second-order valence-corrected chi connectivity index (χ2v) is 7.08. The summed E-state index contributed by atoms with van der Waals surface area (Å²) in [4.78, 5) is 12.2. The molecule has 1 fully saturated rings. The van der Waals surface area contributed by atoms with Gasteiger partial charge < -0.3 is 4.74 Å². The van der Waals surface area contributed by atoms with Crippen LogP contribution in [0.3, 0.4) is 0 Å². The minimum atomic E-state index is -1.41. The lowest BCUT2D eigenvalue weighted by Crippen LogP contribution is -2.16. The number of carbonyl (C=O) groups excluding carboxylic acids is 1. The van der Waals surface area contributed by atoms with E-state index in [4.69, 9.17) is 10.00 Å². The van der Waals surface area contributed by atoms with Crippen LogP contribution >= 0.6 is 0 Å². The maximum atomic E-state index is 14.4. The van der Waals surface area contributed by atoms with E-state index in [1.165, 1.54) is 6.07 Å². The average Bonchev–Trinajstić information content (AvgIpc) is 2.61. The van der Waals surface area contributed by atoms with Crippen molar-refractivity contribution in [2.24, 2.45) is 5.92 Å². The topological polar surface area (TPSA) is 50.1 Å². The molecule has 0 saturated heterocycles. The van der Waals surface area contributed by atoms with E-state index in [0.29, 0.717) is 23.6 Å². The zero-order valence-electron chi connectivity index (χ0n) is 15.1. The zero-order chi connectivity index (χ0) is 20.4. The molecule has 0 amide bonds. The molecular weight excluding hydrogens is 386 g/mol. The lowest BCUT2D eigenvalue weighted by Gasteiger charge is -2.26. The van der Waals surface area contributed by atoms with E-state index < -0.39 is 46.1 Å². The summed E-state index contributed by atoms with van der Waals surface area (Å²) in [7, 11) is 0. The Labute approximate surface area is 168 Å². The Morgan fingerprint density at radius 2 is 1.52 bits per heavy atom. The van der Waals surface area contributed by atoms with E-state index in [9.17, 15) is 22.4 Å². The van der Waals surface area contributed by atoms with Crippen molar-refractivity contribution < 1.29 is 28.5 Å². The summed E-state index contributed by atoms with van der Waals surface area (Å²) in [5.41, 5.74) is -1.30. The number of nitrogens with zero attached hydrogens (tertiary/aromatic N) is 1. The predicted octanol–water partition coefficient (Wildman–Crippen LogP) is 6.51. The number of ether oxygens (including phenoxy) is 1. The van der Waals surface area contributed by atoms with Crippen LogP contribution in [-0.2, 0) is 0 Å². The fourth-order valence-corrected chi connectivity index (χ4v) is 3.49. The summed E-state index contributed by atoms with van der Waals surface area (Å²) in [6.07, 6.45) is 3.56. The van der Waals surface area contributed by atoms with E-state index in [1.54, 1.807) is 0 Å². The van der Waals surface area contributed by atoms with Gasteiger partial charge in [0.25, 0.3) is 0 Å². The fourth-order valence-electron chi connectivity index (χ4n) is 3.49. The molecule has 2 aromatic carbocycles. The van der Waals surface area contributed by atoms with Crippen molar-refractivity contribution in [1.82, 2.24) is 0 Å². The number of rotatable bonds is 3. The minimum absolute atomic E-state index is 0. The third kappa shape index (κ3) is 4.76. The lowest BCUT2D eigenvalue weighted by molar-refractivity contribution is 0.0723. The second kappa shape index (κ2) is 9.08. The number of benzene rings is 2. The zero-order valence-corrected chi connectivity index (χ0v) is 15.1. The molecule has 0 aromatic heterocycles. The van der Waals surface area contributed by atoms with Crippen LogP contribution in [0.5, 0.6) is 5.75 Å². The van der Waals surface area contributed by atoms with Crippen LogP contribution in [0.1, 0.15) is 68.9 Å². The van der Waals surface area contributed by atoms with Gasteiger partial charge >= 0.3 is 5.97 Å². The normalized spacial score (nSPS) is 18.5. The highest BCUT2D eigenvalue weighted by molar-refractivity contribution is 5.91. The summed E-state index contributed by atoms with van der Waals surface area (Å²) < 4.78 is 60.8. The Hall–Kier alpha value is -2.88. The largest absolute Gasteiger partial charge is 0.423 e. The Morgan fingerprint density at radius 3 is 2.00 bits per heavy atom. The molecule has 0 radical (unpaired) electrons. The van der Waals surface area contributed by atoms with Gasteiger partial charge in [0.15, 0.2) is 0 Å². The number of hydrogen-bond donors (Lipinski definition) is 0. The third-order valence-electron chi connectivity index (χ3n) is 5.09. The first-order valence-corrected chi connectivity index (χ1v) is 8.90. The van der Waals surface area contributed by atoms with E-state index in [0.717, 1.165) is 37.8 Å². The van der Waals surface area contributed by atoms with Gasteiger partial charge in [0.1, 0.15) is 46.2 Å². The molecule has 0 atom stereocenters. The van der Waals surface area contributed by atoms with Crippen molar-refractivity contribution in [3.05, 3.63) is 64.2 Å². The summed E-state index contributed by atoms with van der Waals surface area (Å²) in [6.45, 7) is 2.13. The first-order valence-electron chi connectivity index (χ1n) is 8.90. The van der Waals surface area contributed by atoms with Gasteiger partial charge in [0.05, 0.1) is 0 Å². The summed E-state index contributed by atoms with van der Waals surface area (Å²) >= 11 is 0. The molecule has 0 unspecified atom stereocenters. The van der Waals surface area contributed by atoms with Gasteiger partial charge in [-0.2, -0.15) is 5.26 Å². The Bertz CT molecular complexity index is 920. The van der Waals surface area contributed by atoms with Crippen LogP contribution in [0.4, 0.5) is 17.6 Å². The van der Waals surface area contributed by atoms with Crippen molar-refractivity contribution in [2.45, 2.75) is 46.0 Å². The fraction of sp³-hybridized carbons (Fsp3) is 0.364. The van der Waals surface area contributed by atoms with Crippen LogP contribution in [-0.4, -0.2) is 5.97 Å². The number of carbonyl (C=O) groups is 1. The Morgan fingerprint density at radius 1 is 1.00 bits per heavy atom. The van der Waals surface area contributed by atoms with Crippen LogP contribution in [0, 0.1) is 40.5 Å². The number of nitriles is 1. The molecule has 3 nitrogen and oxygen atoms in total. The van der Waals surface area contributed by atoms with E-state index in [1.807, 2.05) is 0 Å². The van der Waals surface area contributed by atoms with Crippen molar-refractivity contribution in [3.63, 3.8) is 0 Å². The Balaban J connectivity index is 0.00000225. The molecule has 7 heteroatoms. The summed E-state index contributed by atoms with van der Waals surface area (Å²) in [6, 6.07) is 4.75. The minimum Gasteiger partial charge on any atom is -0.423 e. The molecule has 0 bridgehead atoms. The molecule has 1 saturated carbocycles. The van der Waals surface area contributed by atoms with Gasteiger partial charge in [-0.1, -0.05) is 27.2 Å². The van der Waals surface area contributed by atoms with Gasteiger partial charge in [0, 0.05) is 13.6 Å². The van der Waals surface area contributed by atoms with Gasteiger partial charge in [-0.15, -0.1) is 0 Å². The predicted molar refractivity (Wildman–Crippen MR) is 102 cm³/mol. The van der Waals surface area contributed by atoms with Crippen LogP contribution in [0.25, 0.3) is 0 Å².